The molecular weight excluding hydrogens is 308 g/mol. The summed E-state index contributed by atoms with van der Waals surface area (Å²) >= 11 is 0. The molecule has 6 nitrogen and oxygen atoms in total. The molecule has 1 saturated heterocycles. The minimum atomic E-state index is -1.66. The van der Waals surface area contributed by atoms with Crippen molar-refractivity contribution in [1.82, 2.24) is 4.90 Å². The maximum absolute atomic E-state index is 12.9. The predicted molar refractivity (Wildman–Crippen MR) is 89.6 cm³/mol. The molecule has 1 fully saturated rings. The van der Waals surface area contributed by atoms with E-state index in [1.54, 1.807) is 0 Å². The molecule has 2 aromatic rings. The van der Waals surface area contributed by atoms with Crippen LogP contribution in [0.3, 0.4) is 0 Å². The number of carbonyl (C=O) groups is 2. The van der Waals surface area contributed by atoms with Crippen molar-refractivity contribution < 1.29 is 19.1 Å². The van der Waals surface area contributed by atoms with Gasteiger partial charge in [-0.15, -0.1) is 0 Å². The highest BCUT2D eigenvalue weighted by Gasteiger charge is 2.40. The van der Waals surface area contributed by atoms with Crippen molar-refractivity contribution in [3.05, 3.63) is 35.6 Å². The quantitative estimate of drug-likeness (QED) is 0.899. The second-order valence-corrected chi connectivity index (χ2v) is 6.79. The zero-order valence-electron chi connectivity index (χ0n) is 13.9. The van der Waals surface area contributed by atoms with Gasteiger partial charge in [-0.2, -0.15) is 0 Å². The molecule has 0 saturated carbocycles. The molecule has 128 valence electrons. The number of piperidine rings is 1. The monoisotopic (exact) mass is 330 g/mol. The van der Waals surface area contributed by atoms with E-state index in [1.807, 2.05) is 18.2 Å². The van der Waals surface area contributed by atoms with E-state index in [0.29, 0.717) is 30.0 Å². The first kappa shape index (κ1) is 16.5. The summed E-state index contributed by atoms with van der Waals surface area (Å²) in [5, 5.41) is 11.1. The number of β-amino-alcohol motifs (C(OH)–C–C–N with tert-alkyl or cyclic N) is 1. The number of nitrogens with two attached hydrogens (primary N) is 1. The van der Waals surface area contributed by atoms with Crippen LogP contribution in [0, 0.1) is 0 Å². The zero-order valence-corrected chi connectivity index (χ0v) is 13.9. The maximum atomic E-state index is 12.9. The average molecular weight is 330 g/mol. The van der Waals surface area contributed by atoms with Crippen molar-refractivity contribution in [2.45, 2.75) is 38.2 Å². The Labute approximate surface area is 140 Å². The second-order valence-electron chi connectivity index (χ2n) is 6.79. The van der Waals surface area contributed by atoms with Crippen molar-refractivity contribution in [3.8, 4) is 0 Å². The molecular formula is C18H22N2O4. The van der Waals surface area contributed by atoms with Crippen molar-refractivity contribution >= 4 is 22.8 Å². The Hall–Kier alpha value is -2.34. The van der Waals surface area contributed by atoms with E-state index in [-0.39, 0.29) is 18.9 Å². The lowest BCUT2D eigenvalue weighted by Gasteiger charge is -2.36. The molecule has 24 heavy (non-hydrogen) atoms. The molecule has 0 aliphatic carbocycles. The lowest BCUT2D eigenvalue weighted by Crippen LogP contribution is -2.57. The van der Waals surface area contributed by atoms with Crippen LogP contribution in [-0.2, 0) is 4.79 Å². The summed E-state index contributed by atoms with van der Waals surface area (Å²) in [6.07, 6.45) is 2.24. The van der Waals surface area contributed by atoms with E-state index < -0.39 is 11.5 Å². The van der Waals surface area contributed by atoms with Gasteiger partial charge in [-0.3, -0.25) is 9.59 Å². The van der Waals surface area contributed by atoms with Gasteiger partial charge in [0.1, 0.15) is 11.8 Å². The minimum absolute atomic E-state index is 0.0856. The Morgan fingerprint density at radius 3 is 2.79 bits per heavy atom. The number of rotatable bonds is 3. The van der Waals surface area contributed by atoms with E-state index in [1.165, 1.54) is 11.2 Å². The highest BCUT2D eigenvalue weighted by molar-refractivity contribution is 6.06. The maximum Gasteiger partial charge on any atom is 0.257 e. The third kappa shape index (κ3) is 2.78. The van der Waals surface area contributed by atoms with E-state index in [2.05, 4.69) is 13.8 Å². The molecule has 2 heterocycles. The second kappa shape index (κ2) is 5.94. The van der Waals surface area contributed by atoms with Gasteiger partial charge in [-0.05, 0) is 36.5 Å². The fourth-order valence-electron chi connectivity index (χ4n) is 3.15. The normalized spacial score (nSPS) is 21.4. The molecule has 1 aromatic carbocycles. The van der Waals surface area contributed by atoms with Crippen LogP contribution in [0.1, 0.15) is 48.5 Å². The van der Waals surface area contributed by atoms with Crippen LogP contribution < -0.4 is 5.73 Å². The summed E-state index contributed by atoms with van der Waals surface area (Å²) in [4.78, 5) is 25.8. The SMILES string of the molecule is CC(C)c1ccc2occ(C(=O)N3CCCC(O)(C(N)=O)C3)c2c1. The number of nitrogens with zero attached hydrogens (tertiary/aromatic N) is 1. The van der Waals surface area contributed by atoms with Gasteiger partial charge in [-0.25, -0.2) is 0 Å². The van der Waals surface area contributed by atoms with Gasteiger partial charge in [0.15, 0.2) is 5.60 Å². The first-order chi connectivity index (χ1) is 11.3. The van der Waals surface area contributed by atoms with Crippen molar-refractivity contribution in [3.63, 3.8) is 0 Å². The number of benzene rings is 1. The molecule has 0 spiro atoms. The Bertz CT molecular complexity index is 795. The van der Waals surface area contributed by atoms with Crippen LogP contribution in [-0.4, -0.2) is 40.5 Å². The summed E-state index contributed by atoms with van der Waals surface area (Å²) in [6.45, 7) is 4.56. The van der Waals surface area contributed by atoms with Crippen molar-refractivity contribution in [2.24, 2.45) is 5.73 Å². The minimum Gasteiger partial charge on any atom is -0.463 e. The van der Waals surface area contributed by atoms with Gasteiger partial charge in [0.25, 0.3) is 11.8 Å². The molecule has 1 atom stereocenters. The van der Waals surface area contributed by atoms with Gasteiger partial charge in [0.05, 0.1) is 12.1 Å². The van der Waals surface area contributed by atoms with Gasteiger partial charge >= 0.3 is 0 Å². The molecule has 3 rings (SSSR count). The number of carbonyl (C=O) groups excluding carboxylic acids is 2. The van der Waals surface area contributed by atoms with Crippen molar-refractivity contribution in [2.75, 3.05) is 13.1 Å². The molecule has 1 aromatic heterocycles. The number of hydrogen-bond donors (Lipinski definition) is 2. The largest absolute Gasteiger partial charge is 0.463 e. The summed E-state index contributed by atoms with van der Waals surface area (Å²) in [5.41, 5.74) is 5.83. The van der Waals surface area contributed by atoms with Gasteiger partial charge in [-0.1, -0.05) is 19.9 Å². The number of furan rings is 1. The number of amides is 2. The van der Waals surface area contributed by atoms with Crippen LogP contribution in [0.25, 0.3) is 11.0 Å². The summed E-state index contributed by atoms with van der Waals surface area (Å²) in [7, 11) is 0. The zero-order chi connectivity index (χ0) is 17.5. The lowest BCUT2D eigenvalue weighted by molar-refractivity contribution is -0.140. The number of hydrogen-bond acceptors (Lipinski definition) is 4. The third-order valence-corrected chi connectivity index (χ3v) is 4.71. The molecule has 1 aliphatic heterocycles. The fraction of sp³-hybridized carbons (Fsp3) is 0.444. The fourth-order valence-corrected chi connectivity index (χ4v) is 3.15. The first-order valence-corrected chi connectivity index (χ1v) is 8.14. The van der Waals surface area contributed by atoms with E-state index in [4.69, 9.17) is 10.2 Å². The Balaban J connectivity index is 1.94. The number of fused-ring (bicyclic) bond motifs is 1. The van der Waals surface area contributed by atoms with Gasteiger partial charge in [0, 0.05) is 11.9 Å². The van der Waals surface area contributed by atoms with E-state index >= 15 is 0 Å². The standard InChI is InChI=1S/C18H22N2O4/c1-11(2)12-4-5-15-13(8-12)14(9-24-15)16(21)20-7-3-6-18(23,10-20)17(19)22/h4-5,8-9,11,23H,3,6-7,10H2,1-2H3,(H2,19,22). The van der Waals surface area contributed by atoms with Crippen LogP contribution >= 0.6 is 0 Å². The van der Waals surface area contributed by atoms with Gasteiger partial charge < -0.3 is 20.2 Å². The predicted octanol–water partition coefficient (Wildman–Crippen LogP) is 2.01. The molecule has 3 N–H and O–H groups in total. The summed E-state index contributed by atoms with van der Waals surface area (Å²) in [5.74, 6) is -0.713. The van der Waals surface area contributed by atoms with Crippen LogP contribution in [0.5, 0.6) is 0 Å². The molecule has 1 aliphatic rings. The molecule has 6 heteroatoms. The Morgan fingerprint density at radius 1 is 1.38 bits per heavy atom. The molecule has 0 bridgehead atoms. The number of likely N-dealkylation sites (tertiary alicyclic amines) is 1. The number of primary amides is 1. The third-order valence-electron chi connectivity index (χ3n) is 4.71. The van der Waals surface area contributed by atoms with Crippen molar-refractivity contribution in [1.29, 1.82) is 0 Å². The smallest absolute Gasteiger partial charge is 0.257 e. The molecule has 2 amide bonds. The number of aliphatic hydroxyl groups is 1. The topological polar surface area (TPSA) is 96.8 Å². The Kier molecular flexibility index (Phi) is 4.09. The van der Waals surface area contributed by atoms with E-state index in [9.17, 15) is 14.7 Å². The lowest BCUT2D eigenvalue weighted by atomic mass is 9.91. The Morgan fingerprint density at radius 2 is 2.12 bits per heavy atom. The first-order valence-electron chi connectivity index (χ1n) is 8.14. The van der Waals surface area contributed by atoms with Crippen LogP contribution in [0.15, 0.2) is 28.9 Å². The highest BCUT2D eigenvalue weighted by atomic mass is 16.3. The summed E-state index contributed by atoms with van der Waals surface area (Å²) < 4.78 is 5.49. The summed E-state index contributed by atoms with van der Waals surface area (Å²) in [6, 6.07) is 5.80. The molecule has 0 radical (unpaired) electrons. The van der Waals surface area contributed by atoms with E-state index in [0.717, 1.165) is 10.9 Å². The van der Waals surface area contributed by atoms with Gasteiger partial charge in [0.2, 0.25) is 0 Å². The average Bonchev–Trinajstić information content (AvgIpc) is 2.97. The highest BCUT2D eigenvalue weighted by Crippen LogP contribution is 2.29. The van der Waals surface area contributed by atoms with Crippen LogP contribution in [0.4, 0.5) is 0 Å². The molecule has 1 unspecified atom stereocenters. The van der Waals surface area contributed by atoms with Crippen LogP contribution in [0.2, 0.25) is 0 Å².